The fraction of sp³-hybridized carbons (Fsp3) is 0.500. The lowest BCUT2D eigenvalue weighted by atomic mass is 9.89. The first-order valence-corrected chi connectivity index (χ1v) is 14.3. The molecule has 4 atom stereocenters. The molecular weight excluding hydrogens is 583 g/mol. The average molecular weight is 604 g/mol. The van der Waals surface area contributed by atoms with Crippen LogP contribution in [0.2, 0.25) is 0 Å². The largest absolute Gasteiger partial charge is 0.481 e. The summed E-state index contributed by atoms with van der Waals surface area (Å²) in [4.78, 5) is 59.4. The zero-order valence-corrected chi connectivity index (χ0v) is 22.7. The molecule has 0 radical (unpaired) electrons. The van der Waals surface area contributed by atoms with Gasteiger partial charge < -0.3 is 36.7 Å². The molecule has 2 aromatic rings. The molecule has 2 amide bonds. The number of amides is 2. The Morgan fingerprint density at radius 3 is 2.74 bits per heavy atom. The monoisotopic (exact) mass is 603 g/mol. The van der Waals surface area contributed by atoms with Crippen LogP contribution in [0.25, 0.3) is 0 Å². The van der Waals surface area contributed by atoms with Crippen LogP contribution in [0.4, 0.5) is 5.13 Å². The van der Waals surface area contributed by atoms with E-state index in [0.29, 0.717) is 9.35 Å². The van der Waals surface area contributed by atoms with Crippen molar-refractivity contribution in [2.45, 2.75) is 35.3 Å². The fourth-order valence-corrected chi connectivity index (χ4v) is 7.46. The number of β-lactam (4-membered cyclic amide) rings is 1. The maximum absolute atomic E-state index is 13.0. The van der Waals surface area contributed by atoms with Gasteiger partial charge in [0.05, 0.1) is 0 Å². The Labute approximate surface area is 230 Å². The lowest BCUT2D eigenvalue weighted by molar-refractivity contribution is -0.157. The molecule has 0 saturated carbocycles. The van der Waals surface area contributed by atoms with Gasteiger partial charge >= 0.3 is 11.9 Å². The second-order valence-corrected chi connectivity index (χ2v) is 12.3. The van der Waals surface area contributed by atoms with Gasteiger partial charge in [-0.05, 0) is 6.92 Å². The zero-order valence-electron chi connectivity index (χ0n) is 19.5. The van der Waals surface area contributed by atoms with E-state index in [2.05, 4.69) is 30.0 Å². The second kappa shape index (κ2) is 11.4. The number of hydrogen-bond donors (Lipinski definition) is 5. The van der Waals surface area contributed by atoms with Crippen molar-refractivity contribution in [3.05, 3.63) is 10.8 Å². The van der Waals surface area contributed by atoms with E-state index in [9.17, 15) is 24.3 Å². The standard InChI is InChI=1S/C18H21N9O7S4/c1-6(14(30)31)34-25-8(10-22-16(20)38-26-10)11(28)21-9-12(29)27-3-18(15(32)33,4-35-13(9)27)5-36-17-24-23-7(2-19)37-17/h6,9,13H,2-5,19H2,1H3,(H,21,28)(H,30,31)(H,32,33)(H2,20,22,26)/t6?,9?,13-,18?/m1/s1. The van der Waals surface area contributed by atoms with Crippen molar-refractivity contribution < 1.29 is 34.2 Å². The molecule has 4 heterocycles. The van der Waals surface area contributed by atoms with E-state index in [1.54, 1.807) is 0 Å². The van der Waals surface area contributed by atoms with E-state index in [4.69, 9.17) is 21.4 Å². The number of carbonyl (C=O) groups is 4. The molecule has 2 aliphatic rings. The second-order valence-electron chi connectivity index (χ2n) is 8.14. The number of fused-ring (bicyclic) bond motifs is 1. The first-order chi connectivity index (χ1) is 18.0. The van der Waals surface area contributed by atoms with E-state index in [-0.39, 0.29) is 35.6 Å². The number of carboxylic acid groups (broad SMARTS) is 2. The number of aromatic nitrogens is 4. The molecule has 2 aliphatic heterocycles. The Balaban J connectivity index is 1.43. The van der Waals surface area contributed by atoms with Crippen LogP contribution in [-0.2, 0) is 30.6 Å². The first-order valence-electron chi connectivity index (χ1n) is 10.7. The molecule has 16 nitrogen and oxygen atoms in total. The number of hydrogen-bond acceptors (Lipinski definition) is 16. The summed E-state index contributed by atoms with van der Waals surface area (Å²) >= 11 is 4.53. The number of rotatable bonds is 11. The van der Waals surface area contributed by atoms with Crippen LogP contribution < -0.4 is 16.8 Å². The van der Waals surface area contributed by atoms with Gasteiger partial charge in [0.15, 0.2) is 9.47 Å². The summed E-state index contributed by atoms with van der Waals surface area (Å²) in [5.74, 6) is -3.56. The Bertz CT molecular complexity index is 1290. The van der Waals surface area contributed by atoms with E-state index in [0.717, 1.165) is 11.5 Å². The molecular formula is C18H21N9O7S4. The van der Waals surface area contributed by atoms with Gasteiger partial charge in [-0.15, -0.1) is 22.0 Å². The molecule has 2 aromatic heterocycles. The predicted molar refractivity (Wildman–Crippen MR) is 138 cm³/mol. The van der Waals surface area contributed by atoms with Crippen molar-refractivity contribution in [2.24, 2.45) is 16.3 Å². The van der Waals surface area contributed by atoms with Crippen molar-refractivity contribution >= 4 is 81.0 Å². The van der Waals surface area contributed by atoms with E-state index < -0.39 is 52.4 Å². The number of nitrogen functional groups attached to an aromatic ring is 1. The summed E-state index contributed by atoms with van der Waals surface area (Å²) in [6, 6.07) is -0.972. The first kappa shape index (κ1) is 28.0. The maximum atomic E-state index is 13.0. The van der Waals surface area contributed by atoms with E-state index in [1.807, 2.05) is 0 Å². The van der Waals surface area contributed by atoms with Crippen LogP contribution in [0, 0.1) is 5.41 Å². The molecule has 0 spiro atoms. The zero-order chi connectivity index (χ0) is 27.6. The summed E-state index contributed by atoms with van der Waals surface area (Å²) in [6.07, 6.45) is -1.37. The van der Waals surface area contributed by atoms with Crippen LogP contribution in [-0.4, -0.2) is 99.7 Å². The van der Waals surface area contributed by atoms with Crippen LogP contribution in [0.15, 0.2) is 9.50 Å². The molecule has 7 N–H and O–H groups in total. The van der Waals surface area contributed by atoms with Gasteiger partial charge in [0.25, 0.3) is 5.91 Å². The third-order valence-electron chi connectivity index (χ3n) is 5.50. The quantitative estimate of drug-likeness (QED) is 0.0883. The predicted octanol–water partition coefficient (Wildman–Crippen LogP) is -1.11. The van der Waals surface area contributed by atoms with Crippen molar-refractivity contribution in [1.82, 2.24) is 29.8 Å². The third kappa shape index (κ3) is 5.67. The van der Waals surface area contributed by atoms with Crippen molar-refractivity contribution in [3.8, 4) is 0 Å². The number of aliphatic carboxylic acids is 2. The molecule has 2 fully saturated rings. The topological polar surface area (TPSA) is 249 Å². The van der Waals surface area contributed by atoms with Gasteiger partial charge in [0.2, 0.25) is 23.5 Å². The van der Waals surface area contributed by atoms with Gasteiger partial charge in [-0.3, -0.25) is 14.4 Å². The smallest absolute Gasteiger partial charge is 0.347 e. The molecule has 0 bridgehead atoms. The Morgan fingerprint density at radius 1 is 1.37 bits per heavy atom. The number of nitrogens with zero attached hydrogens (tertiary/aromatic N) is 6. The Morgan fingerprint density at radius 2 is 2.13 bits per heavy atom. The maximum Gasteiger partial charge on any atom is 0.347 e. The minimum atomic E-state index is -1.37. The van der Waals surface area contributed by atoms with Gasteiger partial charge in [0, 0.05) is 36.1 Å². The van der Waals surface area contributed by atoms with Gasteiger partial charge in [-0.25, -0.2) is 4.79 Å². The molecule has 3 unspecified atom stereocenters. The average Bonchev–Trinajstić information content (AvgIpc) is 3.54. The number of carboxylic acids is 2. The number of nitrogens with two attached hydrogens (primary N) is 2. The highest BCUT2D eigenvalue weighted by Crippen LogP contribution is 2.44. The summed E-state index contributed by atoms with van der Waals surface area (Å²) in [7, 11) is 0. The molecule has 0 aromatic carbocycles. The molecule has 2 saturated heterocycles. The number of carbonyl (C=O) groups excluding carboxylic acids is 2. The summed E-state index contributed by atoms with van der Waals surface area (Å²) < 4.78 is 4.49. The van der Waals surface area contributed by atoms with Crippen LogP contribution in [0.1, 0.15) is 17.8 Å². The minimum Gasteiger partial charge on any atom is -0.481 e. The number of anilines is 1. The SMILES string of the molecule is CC(ON=C(C(=O)NC1C(=O)N2CC(CSc3nnc(CN)s3)(C(=O)O)CS[C@H]12)c1nsc(N)n1)C(=O)O. The molecule has 0 aliphatic carbocycles. The van der Waals surface area contributed by atoms with Crippen LogP contribution in [0.3, 0.4) is 0 Å². The highest BCUT2D eigenvalue weighted by molar-refractivity contribution is 8.01. The normalized spacial score (nSPS) is 23.8. The van der Waals surface area contributed by atoms with Crippen LogP contribution in [0.5, 0.6) is 0 Å². The minimum absolute atomic E-state index is 0.0381. The highest BCUT2D eigenvalue weighted by atomic mass is 32.2. The number of nitrogens with one attached hydrogen (secondary N) is 1. The van der Waals surface area contributed by atoms with Crippen molar-refractivity contribution in [3.63, 3.8) is 0 Å². The lowest BCUT2D eigenvalue weighted by Crippen LogP contribution is -2.74. The summed E-state index contributed by atoms with van der Waals surface area (Å²) in [6.45, 7) is 1.40. The molecule has 38 heavy (non-hydrogen) atoms. The highest BCUT2D eigenvalue weighted by Gasteiger charge is 2.57. The van der Waals surface area contributed by atoms with Gasteiger partial charge in [-0.1, -0.05) is 28.3 Å². The van der Waals surface area contributed by atoms with Crippen LogP contribution >= 0.6 is 46.4 Å². The Hall–Kier alpha value is -3.07. The van der Waals surface area contributed by atoms with Gasteiger partial charge in [-0.2, -0.15) is 9.36 Å². The third-order valence-corrected chi connectivity index (χ3v) is 10.00. The summed E-state index contributed by atoms with van der Waals surface area (Å²) in [5.41, 5.74) is 9.45. The van der Waals surface area contributed by atoms with E-state index in [1.165, 1.54) is 46.7 Å². The number of thioether (sulfide) groups is 2. The lowest BCUT2D eigenvalue weighted by Gasteiger charge is -2.53. The molecule has 4 rings (SSSR count). The molecule has 204 valence electrons. The number of oxime groups is 1. The van der Waals surface area contributed by atoms with Gasteiger partial charge in [0.1, 0.15) is 21.8 Å². The molecule has 20 heteroatoms. The Kier molecular flexibility index (Phi) is 8.35. The fourth-order valence-electron chi connectivity index (χ4n) is 3.39. The van der Waals surface area contributed by atoms with E-state index >= 15 is 0 Å². The van der Waals surface area contributed by atoms with Crippen molar-refractivity contribution in [1.29, 1.82) is 0 Å². The van der Waals surface area contributed by atoms with Crippen molar-refractivity contribution in [2.75, 3.05) is 23.8 Å². The summed E-state index contributed by atoms with van der Waals surface area (Å²) in [5, 5.41) is 33.2.